The number of allylic oxidation sites excluding steroid dienone is 6. The van der Waals surface area contributed by atoms with Crippen molar-refractivity contribution in [1.82, 2.24) is 0 Å². The van der Waals surface area contributed by atoms with Crippen molar-refractivity contribution in [2.75, 3.05) is 0 Å². The summed E-state index contributed by atoms with van der Waals surface area (Å²) in [6, 6.07) is 0. The molecule has 1 aliphatic carbocycles. The van der Waals surface area contributed by atoms with Crippen LogP contribution in [0.4, 0.5) is 0 Å². The quantitative estimate of drug-likeness (QED) is 0.652. The first-order valence-corrected chi connectivity index (χ1v) is 4.19. The zero-order chi connectivity index (χ0) is 9.68. The molecule has 1 rings (SSSR count). The summed E-state index contributed by atoms with van der Waals surface area (Å²) in [7, 11) is 0. The summed E-state index contributed by atoms with van der Waals surface area (Å²) in [5.74, 6) is -0.554. The lowest BCUT2D eigenvalue weighted by atomic mass is 10.1. The summed E-state index contributed by atoms with van der Waals surface area (Å²) in [6.45, 7) is 0. The fourth-order valence-electron chi connectivity index (χ4n) is 1.12. The van der Waals surface area contributed by atoms with E-state index in [1.54, 1.807) is 12.2 Å². The average Bonchev–Trinajstić information content (AvgIpc) is 2.55. The van der Waals surface area contributed by atoms with E-state index in [1.807, 2.05) is 12.2 Å². The van der Waals surface area contributed by atoms with Crippen molar-refractivity contribution in [2.24, 2.45) is 0 Å². The first-order valence-electron chi connectivity index (χ1n) is 4.19. The molecule has 70 valence electrons. The van der Waals surface area contributed by atoms with Gasteiger partial charge in [-0.15, -0.1) is 0 Å². The number of carboxylic acid groups (broad SMARTS) is 1. The van der Waals surface area contributed by atoms with Crippen LogP contribution in [-0.4, -0.2) is 16.2 Å². The molecular formula is C10H12O3. The van der Waals surface area contributed by atoms with E-state index in [9.17, 15) is 9.90 Å². The van der Waals surface area contributed by atoms with Gasteiger partial charge in [0.25, 0.3) is 0 Å². The molecule has 0 amide bonds. The molecule has 0 heterocycles. The van der Waals surface area contributed by atoms with Crippen LogP contribution in [-0.2, 0) is 4.79 Å². The Morgan fingerprint density at radius 1 is 1.15 bits per heavy atom. The molecule has 0 saturated heterocycles. The molecule has 0 radical (unpaired) electrons. The maximum Gasteiger partial charge on any atom is 0.303 e. The molecule has 0 aromatic rings. The third-order valence-corrected chi connectivity index (χ3v) is 1.80. The van der Waals surface area contributed by atoms with E-state index in [0.717, 1.165) is 5.57 Å². The van der Waals surface area contributed by atoms with Gasteiger partial charge < -0.3 is 10.2 Å². The summed E-state index contributed by atoms with van der Waals surface area (Å²) >= 11 is 0. The van der Waals surface area contributed by atoms with Crippen LogP contribution in [0.15, 0.2) is 35.6 Å². The highest BCUT2D eigenvalue weighted by molar-refractivity contribution is 5.66. The fraction of sp³-hybridized carbons (Fsp3) is 0.300. The predicted molar refractivity (Wildman–Crippen MR) is 49.4 cm³/mol. The van der Waals surface area contributed by atoms with Gasteiger partial charge in [-0.25, -0.2) is 0 Å². The van der Waals surface area contributed by atoms with Gasteiger partial charge in [0.05, 0.1) is 5.76 Å². The molecular weight excluding hydrogens is 168 g/mol. The molecule has 1 aliphatic rings. The van der Waals surface area contributed by atoms with Gasteiger partial charge in [-0.1, -0.05) is 24.3 Å². The molecule has 0 aromatic heterocycles. The summed E-state index contributed by atoms with van der Waals surface area (Å²) < 4.78 is 0. The molecule has 0 unspecified atom stereocenters. The van der Waals surface area contributed by atoms with E-state index >= 15 is 0 Å². The molecule has 2 N–H and O–H groups in total. The molecule has 3 heteroatoms. The van der Waals surface area contributed by atoms with E-state index in [2.05, 4.69) is 0 Å². The SMILES string of the molecule is O=C(O)CCCC(O)=C1C=CC=C1. The predicted octanol–water partition coefficient (Wildman–Crippen LogP) is 2.18. The summed E-state index contributed by atoms with van der Waals surface area (Å²) in [5.41, 5.74) is 0.783. The Bertz CT molecular complexity index is 271. The summed E-state index contributed by atoms with van der Waals surface area (Å²) in [4.78, 5) is 10.2. The highest BCUT2D eigenvalue weighted by Crippen LogP contribution is 2.15. The van der Waals surface area contributed by atoms with Crippen molar-refractivity contribution in [3.05, 3.63) is 35.6 Å². The molecule has 0 saturated carbocycles. The van der Waals surface area contributed by atoms with E-state index in [1.165, 1.54) is 0 Å². The molecule has 0 bridgehead atoms. The van der Waals surface area contributed by atoms with Crippen LogP contribution in [0, 0.1) is 0 Å². The number of aliphatic hydroxyl groups excluding tert-OH is 1. The maximum atomic E-state index is 10.2. The number of carbonyl (C=O) groups is 1. The smallest absolute Gasteiger partial charge is 0.303 e. The van der Waals surface area contributed by atoms with Gasteiger partial charge in [-0.3, -0.25) is 4.79 Å². The third-order valence-electron chi connectivity index (χ3n) is 1.80. The van der Waals surface area contributed by atoms with Crippen molar-refractivity contribution in [3.63, 3.8) is 0 Å². The van der Waals surface area contributed by atoms with Gasteiger partial charge in [-0.05, 0) is 6.42 Å². The Morgan fingerprint density at radius 2 is 1.77 bits per heavy atom. The Hall–Kier alpha value is -1.51. The Labute approximate surface area is 76.7 Å². The minimum absolute atomic E-state index is 0.102. The number of hydrogen-bond acceptors (Lipinski definition) is 2. The first kappa shape index (κ1) is 9.58. The second-order valence-electron chi connectivity index (χ2n) is 2.87. The highest BCUT2D eigenvalue weighted by atomic mass is 16.4. The Balaban J connectivity index is 2.37. The minimum atomic E-state index is -0.824. The number of aliphatic hydroxyl groups is 1. The van der Waals surface area contributed by atoms with Crippen LogP contribution in [0.5, 0.6) is 0 Å². The van der Waals surface area contributed by atoms with E-state index in [4.69, 9.17) is 5.11 Å². The standard InChI is InChI=1S/C10H12O3/c11-9(6-3-7-10(12)13)8-4-1-2-5-8/h1-2,4-5,11H,3,6-7H2,(H,12,13). The molecule has 0 aliphatic heterocycles. The minimum Gasteiger partial charge on any atom is -0.512 e. The Morgan fingerprint density at radius 3 is 2.31 bits per heavy atom. The fourth-order valence-corrected chi connectivity index (χ4v) is 1.12. The lowest BCUT2D eigenvalue weighted by Gasteiger charge is -2.00. The summed E-state index contributed by atoms with van der Waals surface area (Å²) in [6.07, 6.45) is 8.28. The van der Waals surface area contributed by atoms with E-state index in [0.29, 0.717) is 12.8 Å². The van der Waals surface area contributed by atoms with Crippen LogP contribution >= 0.6 is 0 Å². The van der Waals surface area contributed by atoms with Crippen LogP contribution in [0.1, 0.15) is 19.3 Å². The average molecular weight is 180 g/mol. The van der Waals surface area contributed by atoms with Gasteiger partial charge in [0.2, 0.25) is 0 Å². The van der Waals surface area contributed by atoms with Crippen LogP contribution in [0.25, 0.3) is 0 Å². The monoisotopic (exact) mass is 180 g/mol. The van der Waals surface area contributed by atoms with Gasteiger partial charge in [0.15, 0.2) is 0 Å². The first-order chi connectivity index (χ1) is 6.20. The maximum absolute atomic E-state index is 10.2. The second kappa shape index (κ2) is 4.50. The van der Waals surface area contributed by atoms with Gasteiger partial charge in [-0.2, -0.15) is 0 Å². The number of carboxylic acids is 1. The lowest BCUT2D eigenvalue weighted by Crippen LogP contribution is -1.95. The second-order valence-corrected chi connectivity index (χ2v) is 2.87. The van der Waals surface area contributed by atoms with Crippen LogP contribution in [0.3, 0.4) is 0 Å². The van der Waals surface area contributed by atoms with Crippen molar-refractivity contribution in [3.8, 4) is 0 Å². The zero-order valence-corrected chi connectivity index (χ0v) is 7.23. The van der Waals surface area contributed by atoms with E-state index in [-0.39, 0.29) is 12.2 Å². The van der Waals surface area contributed by atoms with Gasteiger partial charge >= 0.3 is 5.97 Å². The zero-order valence-electron chi connectivity index (χ0n) is 7.23. The summed E-state index contributed by atoms with van der Waals surface area (Å²) in [5, 5.41) is 17.8. The largest absolute Gasteiger partial charge is 0.512 e. The third kappa shape index (κ3) is 3.15. The normalized spacial score (nSPS) is 13.7. The molecule has 3 nitrogen and oxygen atoms in total. The topological polar surface area (TPSA) is 57.5 Å². The van der Waals surface area contributed by atoms with Crippen LogP contribution in [0.2, 0.25) is 0 Å². The van der Waals surface area contributed by atoms with E-state index < -0.39 is 5.97 Å². The Kier molecular flexibility index (Phi) is 3.31. The van der Waals surface area contributed by atoms with Crippen molar-refractivity contribution >= 4 is 5.97 Å². The lowest BCUT2D eigenvalue weighted by molar-refractivity contribution is -0.137. The van der Waals surface area contributed by atoms with Gasteiger partial charge in [0.1, 0.15) is 0 Å². The molecule has 0 atom stereocenters. The van der Waals surface area contributed by atoms with Crippen molar-refractivity contribution in [1.29, 1.82) is 0 Å². The number of hydrogen-bond donors (Lipinski definition) is 2. The highest BCUT2D eigenvalue weighted by Gasteiger charge is 2.03. The van der Waals surface area contributed by atoms with Crippen molar-refractivity contribution in [2.45, 2.75) is 19.3 Å². The molecule has 13 heavy (non-hydrogen) atoms. The van der Waals surface area contributed by atoms with Crippen LogP contribution < -0.4 is 0 Å². The van der Waals surface area contributed by atoms with Crippen molar-refractivity contribution < 1.29 is 15.0 Å². The van der Waals surface area contributed by atoms with Gasteiger partial charge in [0, 0.05) is 18.4 Å². The number of aliphatic carboxylic acids is 1. The number of rotatable bonds is 4. The molecule has 0 fully saturated rings. The molecule has 0 aromatic carbocycles. The molecule has 0 spiro atoms.